The molecule has 0 aromatic rings. The number of nitrogens with two attached hydrogens (primary N) is 1. The van der Waals surface area contributed by atoms with Crippen molar-refractivity contribution in [2.24, 2.45) is 11.1 Å². The third kappa shape index (κ3) is 4.80. The number of carboxylic acid groups (broad SMARTS) is 1. The maximum Gasteiger partial charge on any atom is 0.309 e. The predicted octanol–water partition coefficient (Wildman–Crippen LogP) is -0.493. The Hall–Kier alpha value is -1.63. The summed E-state index contributed by atoms with van der Waals surface area (Å²) in [5, 5.41) is 9.05. The minimum absolute atomic E-state index is 0.0157. The van der Waals surface area contributed by atoms with Gasteiger partial charge in [0.1, 0.15) is 0 Å². The van der Waals surface area contributed by atoms with Crippen LogP contribution in [0.2, 0.25) is 0 Å². The minimum atomic E-state index is -1.06. The lowest BCUT2D eigenvalue weighted by Crippen LogP contribution is -2.40. The normalized spacial score (nSPS) is 17.6. The highest BCUT2D eigenvalue weighted by atomic mass is 16.4. The molecule has 3 N–H and O–H groups in total. The third-order valence-corrected chi connectivity index (χ3v) is 3.49. The number of nitrogens with zero attached hydrogens (tertiary/aromatic N) is 2. The lowest BCUT2D eigenvalue weighted by molar-refractivity contribution is -0.151. The van der Waals surface area contributed by atoms with Crippen LogP contribution in [0.3, 0.4) is 0 Å². The molecule has 1 rings (SSSR count). The number of carboxylic acids is 1. The second kappa shape index (κ2) is 6.69. The van der Waals surface area contributed by atoms with Crippen LogP contribution in [-0.4, -0.2) is 65.4 Å². The second-order valence-electron chi connectivity index (χ2n) is 5.84. The molecule has 2 amide bonds. The molecule has 0 aromatic heterocycles. The summed E-state index contributed by atoms with van der Waals surface area (Å²) in [7, 11) is 0. The fourth-order valence-electron chi connectivity index (χ4n) is 2.16. The first-order valence-electron chi connectivity index (χ1n) is 6.74. The van der Waals surface area contributed by atoms with Gasteiger partial charge in [-0.25, -0.2) is 0 Å². The fraction of sp³-hybridized carbons (Fsp3) is 0.769. The SMILES string of the molecule is CC(C)(CC(=O)N1CCCN(CC(N)=O)CC1)C(=O)O. The first kappa shape index (κ1) is 16.4. The van der Waals surface area contributed by atoms with Gasteiger partial charge in [-0.1, -0.05) is 0 Å². The van der Waals surface area contributed by atoms with Gasteiger partial charge in [-0.15, -0.1) is 0 Å². The molecule has 1 fully saturated rings. The molecule has 0 spiro atoms. The number of amides is 2. The van der Waals surface area contributed by atoms with E-state index in [0.29, 0.717) is 19.6 Å². The van der Waals surface area contributed by atoms with Gasteiger partial charge in [-0.2, -0.15) is 0 Å². The van der Waals surface area contributed by atoms with Gasteiger partial charge >= 0.3 is 5.97 Å². The van der Waals surface area contributed by atoms with Crippen LogP contribution in [0.4, 0.5) is 0 Å². The monoisotopic (exact) mass is 285 g/mol. The van der Waals surface area contributed by atoms with Crippen molar-refractivity contribution < 1.29 is 19.5 Å². The van der Waals surface area contributed by atoms with Crippen molar-refractivity contribution in [3.05, 3.63) is 0 Å². The lowest BCUT2D eigenvalue weighted by atomic mass is 9.89. The molecule has 0 aromatic carbocycles. The van der Waals surface area contributed by atoms with Gasteiger partial charge < -0.3 is 15.7 Å². The van der Waals surface area contributed by atoms with E-state index in [1.807, 2.05) is 4.90 Å². The van der Waals surface area contributed by atoms with E-state index in [9.17, 15) is 14.4 Å². The summed E-state index contributed by atoms with van der Waals surface area (Å²) in [5.41, 5.74) is 4.10. The van der Waals surface area contributed by atoms with Gasteiger partial charge in [-0.3, -0.25) is 19.3 Å². The van der Waals surface area contributed by atoms with E-state index in [-0.39, 0.29) is 24.8 Å². The van der Waals surface area contributed by atoms with Gasteiger partial charge in [0, 0.05) is 32.6 Å². The number of rotatable bonds is 5. The Morgan fingerprint density at radius 2 is 1.80 bits per heavy atom. The van der Waals surface area contributed by atoms with Crippen molar-refractivity contribution >= 4 is 17.8 Å². The summed E-state index contributed by atoms with van der Waals surface area (Å²) in [6.07, 6.45) is 0.741. The van der Waals surface area contributed by atoms with Crippen LogP contribution in [0.25, 0.3) is 0 Å². The zero-order chi connectivity index (χ0) is 15.3. The molecule has 0 atom stereocenters. The summed E-state index contributed by atoms with van der Waals surface area (Å²) in [4.78, 5) is 37.7. The van der Waals surface area contributed by atoms with E-state index in [1.165, 1.54) is 0 Å². The zero-order valence-electron chi connectivity index (χ0n) is 12.1. The molecule has 0 bridgehead atoms. The largest absolute Gasteiger partial charge is 0.481 e. The standard InChI is InChI=1S/C13H23N3O4/c1-13(2,12(19)20)8-11(18)16-5-3-4-15(6-7-16)9-10(14)17/h3-9H2,1-2H3,(H2,14,17)(H,19,20). The highest BCUT2D eigenvalue weighted by molar-refractivity contribution is 5.84. The maximum atomic E-state index is 12.2. The Morgan fingerprint density at radius 3 is 2.35 bits per heavy atom. The molecule has 1 aliphatic rings. The van der Waals surface area contributed by atoms with Crippen LogP contribution in [0.1, 0.15) is 26.7 Å². The highest BCUT2D eigenvalue weighted by Crippen LogP contribution is 2.22. The number of carbonyl (C=O) groups is 3. The fourth-order valence-corrected chi connectivity index (χ4v) is 2.16. The molecule has 7 nitrogen and oxygen atoms in total. The first-order valence-corrected chi connectivity index (χ1v) is 6.74. The van der Waals surface area contributed by atoms with Crippen molar-refractivity contribution in [2.45, 2.75) is 26.7 Å². The summed E-state index contributed by atoms with van der Waals surface area (Å²) < 4.78 is 0. The van der Waals surface area contributed by atoms with Crippen LogP contribution in [0.5, 0.6) is 0 Å². The molecular formula is C13H23N3O4. The van der Waals surface area contributed by atoms with Gasteiger partial charge in [-0.05, 0) is 20.3 Å². The average Bonchev–Trinajstić information content (AvgIpc) is 2.53. The summed E-state index contributed by atoms with van der Waals surface area (Å²) >= 11 is 0. The molecule has 1 aliphatic heterocycles. The topological polar surface area (TPSA) is 104 Å². The lowest BCUT2D eigenvalue weighted by Gasteiger charge is -2.25. The Balaban J connectivity index is 2.54. The van der Waals surface area contributed by atoms with Crippen LogP contribution < -0.4 is 5.73 Å². The van der Waals surface area contributed by atoms with E-state index in [0.717, 1.165) is 13.0 Å². The Morgan fingerprint density at radius 1 is 1.15 bits per heavy atom. The van der Waals surface area contributed by atoms with Crippen molar-refractivity contribution in [1.82, 2.24) is 9.80 Å². The average molecular weight is 285 g/mol. The van der Waals surface area contributed by atoms with Gasteiger partial charge in [0.15, 0.2) is 0 Å². The number of carbonyl (C=O) groups excluding carboxylic acids is 2. The van der Waals surface area contributed by atoms with E-state index in [1.54, 1.807) is 18.7 Å². The molecule has 0 unspecified atom stereocenters. The number of hydrogen-bond acceptors (Lipinski definition) is 4. The van der Waals surface area contributed by atoms with Crippen molar-refractivity contribution in [3.63, 3.8) is 0 Å². The van der Waals surface area contributed by atoms with Crippen LogP contribution in [0.15, 0.2) is 0 Å². The second-order valence-corrected chi connectivity index (χ2v) is 5.84. The molecule has 0 aliphatic carbocycles. The predicted molar refractivity (Wildman–Crippen MR) is 72.9 cm³/mol. The number of aliphatic carboxylic acids is 1. The molecule has 20 heavy (non-hydrogen) atoms. The summed E-state index contributed by atoms with van der Waals surface area (Å²) in [5.74, 6) is -1.51. The van der Waals surface area contributed by atoms with Crippen LogP contribution >= 0.6 is 0 Å². The van der Waals surface area contributed by atoms with Gasteiger partial charge in [0.25, 0.3) is 0 Å². The maximum absolute atomic E-state index is 12.2. The third-order valence-electron chi connectivity index (χ3n) is 3.49. The summed E-state index contributed by atoms with van der Waals surface area (Å²) in [6.45, 7) is 5.68. The molecule has 0 radical (unpaired) electrons. The summed E-state index contributed by atoms with van der Waals surface area (Å²) in [6, 6.07) is 0. The smallest absolute Gasteiger partial charge is 0.309 e. The quantitative estimate of drug-likeness (QED) is 0.709. The van der Waals surface area contributed by atoms with Crippen molar-refractivity contribution in [3.8, 4) is 0 Å². The van der Waals surface area contributed by atoms with E-state index in [4.69, 9.17) is 10.8 Å². The van der Waals surface area contributed by atoms with Gasteiger partial charge in [0.05, 0.1) is 12.0 Å². The van der Waals surface area contributed by atoms with Crippen molar-refractivity contribution in [2.75, 3.05) is 32.7 Å². The van der Waals surface area contributed by atoms with Crippen LogP contribution in [-0.2, 0) is 14.4 Å². The Bertz CT molecular complexity index is 395. The molecule has 1 saturated heterocycles. The zero-order valence-corrected chi connectivity index (χ0v) is 12.1. The molecule has 0 saturated carbocycles. The number of primary amides is 1. The highest BCUT2D eigenvalue weighted by Gasteiger charge is 2.32. The van der Waals surface area contributed by atoms with E-state index >= 15 is 0 Å². The molecule has 1 heterocycles. The number of hydrogen-bond donors (Lipinski definition) is 2. The molecule has 114 valence electrons. The van der Waals surface area contributed by atoms with E-state index < -0.39 is 11.4 Å². The molecular weight excluding hydrogens is 262 g/mol. The minimum Gasteiger partial charge on any atom is -0.481 e. The van der Waals surface area contributed by atoms with E-state index in [2.05, 4.69) is 0 Å². The van der Waals surface area contributed by atoms with Gasteiger partial charge in [0.2, 0.25) is 11.8 Å². The van der Waals surface area contributed by atoms with Crippen molar-refractivity contribution in [1.29, 1.82) is 0 Å². The Labute approximate surface area is 118 Å². The van der Waals surface area contributed by atoms with Crippen LogP contribution in [0, 0.1) is 5.41 Å². The molecule has 7 heteroatoms. The Kier molecular flexibility index (Phi) is 5.50. The first-order chi connectivity index (χ1) is 9.22.